The van der Waals surface area contributed by atoms with Crippen molar-refractivity contribution in [2.75, 3.05) is 0 Å². The van der Waals surface area contributed by atoms with Gasteiger partial charge in [-0.3, -0.25) is 14.8 Å². The van der Waals surface area contributed by atoms with Gasteiger partial charge in [0, 0.05) is 6.20 Å². The third-order valence-electron chi connectivity index (χ3n) is 2.45. The van der Waals surface area contributed by atoms with Gasteiger partial charge in [-0.25, -0.2) is 0 Å². The molecule has 0 saturated heterocycles. The van der Waals surface area contributed by atoms with E-state index in [1.54, 1.807) is 6.20 Å². The molecule has 2 unspecified atom stereocenters. The molecule has 0 aliphatic carbocycles. The lowest BCUT2D eigenvalue weighted by molar-refractivity contribution is -0.136. The van der Waals surface area contributed by atoms with Gasteiger partial charge in [-0.1, -0.05) is 17.8 Å². The summed E-state index contributed by atoms with van der Waals surface area (Å²) in [6.45, 7) is 3.77. The monoisotopic (exact) mass is 236 g/mol. The Morgan fingerprint density at radius 1 is 1.56 bits per heavy atom. The second-order valence-corrected chi connectivity index (χ2v) is 4.85. The maximum atomic E-state index is 11.0. The van der Waals surface area contributed by atoms with Crippen LogP contribution in [-0.2, 0) is 4.79 Å². The van der Waals surface area contributed by atoms with Crippen LogP contribution in [0.1, 0.15) is 18.2 Å². The van der Waals surface area contributed by atoms with Gasteiger partial charge in [0.1, 0.15) is 10.3 Å². The van der Waals surface area contributed by atoms with Crippen molar-refractivity contribution in [1.82, 2.24) is 4.98 Å². The molecule has 0 amide bonds. The van der Waals surface area contributed by atoms with Crippen LogP contribution >= 0.6 is 11.8 Å². The summed E-state index contributed by atoms with van der Waals surface area (Å²) in [5.41, 5.74) is 1.81. The average Bonchev–Trinajstić information content (AvgIpc) is 2.61. The quantitative estimate of drug-likeness (QED) is 0.849. The highest BCUT2D eigenvalue weighted by atomic mass is 32.2. The molecule has 0 fully saturated rings. The first kappa shape index (κ1) is 11.1. The number of carboxylic acid groups (broad SMARTS) is 1. The molecule has 1 aromatic rings. The molecule has 0 aromatic carbocycles. The number of carbonyl (C=O) groups is 1. The van der Waals surface area contributed by atoms with Crippen LogP contribution in [0.5, 0.6) is 0 Å². The Morgan fingerprint density at radius 3 is 2.88 bits per heavy atom. The van der Waals surface area contributed by atoms with E-state index in [1.807, 2.05) is 26.0 Å². The molecule has 4 nitrogen and oxygen atoms in total. The van der Waals surface area contributed by atoms with Gasteiger partial charge in [-0.05, 0) is 25.5 Å². The predicted octanol–water partition coefficient (Wildman–Crippen LogP) is 1.73. The second kappa shape index (κ2) is 4.25. The summed E-state index contributed by atoms with van der Waals surface area (Å²) in [4.78, 5) is 19.6. The first-order chi connectivity index (χ1) is 7.59. The van der Waals surface area contributed by atoms with Gasteiger partial charge < -0.3 is 5.11 Å². The van der Waals surface area contributed by atoms with Crippen LogP contribution < -0.4 is 0 Å². The molecule has 5 heteroatoms. The molecular formula is C11H12N2O2S. The topological polar surface area (TPSA) is 62.5 Å². The van der Waals surface area contributed by atoms with Crippen LogP contribution in [-0.4, -0.2) is 32.4 Å². The van der Waals surface area contributed by atoms with Crippen molar-refractivity contribution in [2.24, 2.45) is 4.99 Å². The van der Waals surface area contributed by atoms with Gasteiger partial charge >= 0.3 is 5.97 Å². The van der Waals surface area contributed by atoms with Crippen molar-refractivity contribution in [2.45, 2.75) is 25.1 Å². The molecule has 2 atom stereocenters. The summed E-state index contributed by atoms with van der Waals surface area (Å²) < 4.78 is 0. The lowest BCUT2D eigenvalue weighted by atomic mass is 10.2. The summed E-state index contributed by atoms with van der Waals surface area (Å²) in [7, 11) is 0. The van der Waals surface area contributed by atoms with Crippen LogP contribution in [0.25, 0.3) is 0 Å². The maximum Gasteiger partial charge on any atom is 0.319 e. The largest absolute Gasteiger partial charge is 0.480 e. The van der Waals surface area contributed by atoms with E-state index in [9.17, 15) is 4.79 Å². The molecule has 16 heavy (non-hydrogen) atoms. The fourth-order valence-corrected chi connectivity index (χ4v) is 2.74. The Balaban J connectivity index is 2.29. The van der Waals surface area contributed by atoms with E-state index >= 15 is 0 Å². The van der Waals surface area contributed by atoms with Gasteiger partial charge in [-0.2, -0.15) is 0 Å². The highest BCUT2D eigenvalue weighted by molar-refractivity contribution is 8.15. The van der Waals surface area contributed by atoms with E-state index in [4.69, 9.17) is 5.11 Å². The lowest BCUT2D eigenvalue weighted by Crippen LogP contribution is -2.23. The van der Waals surface area contributed by atoms with Crippen LogP contribution in [0, 0.1) is 6.92 Å². The number of aliphatic imine (C=N–C) groups is 1. The zero-order valence-electron chi connectivity index (χ0n) is 9.04. The molecule has 1 N–H and O–H groups in total. The number of aryl methyl sites for hydroxylation is 1. The van der Waals surface area contributed by atoms with Gasteiger partial charge in [0.25, 0.3) is 0 Å². The zero-order chi connectivity index (χ0) is 11.7. The first-order valence-electron chi connectivity index (χ1n) is 4.99. The summed E-state index contributed by atoms with van der Waals surface area (Å²) in [6.07, 6.45) is 1.70. The highest BCUT2D eigenvalue weighted by Gasteiger charge is 2.34. The number of aliphatic carboxylic acids is 1. The Bertz CT molecular complexity index is 459. The van der Waals surface area contributed by atoms with Gasteiger partial charge in [0.05, 0.1) is 11.7 Å². The molecule has 0 saturated carbocycles. The number of carboxylic acids is 1. The molecular weight excluding hydrogens is 224 g/mol. The number of aromatic nitrogens is 1. The number of rotatable bonds is 2. The van der Waals surface area contributed by atoms with Crippen molar-refractivity contribution in [1.29, 1.82) is 0 Å². The van der Waals surface area contributed by atoms with E-state index in [2.05, 4.69) is 9.98 Å². The van der Waals surface area contributed by atoms with Crippen molar-refractivity contribution in [3.8, 4) is 0 Å². The second-order valence-electron chi connectivity index (χ2n) is 3.72. The predicted molar refractivity (Wildman–Crippen MR) is 64.0 cm³/mol. The van der Waals surface area contributed by atoms with Crippen LogP contribution in [0.3, 0.4) is 0 Å². The van der Waals surface area contributed by atoms with E-state index < -0.39 is 11.2 Å². The highest BCUT2D eigenvalue weighted by Crippen LogP contribution is 2.30. The summed E-state index contributed by atoms with van der Waals surface area (Å²) in [6, 6.07) is 3.61. The van der Waals surface area contributed by atoms with Gasteiger partial charge in [0.15, 0.2) is 0 Å². The fourth-order valence-electron chi connectivity index (χ4n) is 1.59. The Labute approximate surface area is 97.8 Å². The molecule has 1 aromatic heterocycles. The van der Waals surface area contributed by atoms with Crippen molar-refractivity contribution < 1.29 is 9.90 Å². The van der Waals surface area contributed by atoms with Gasteiger partial charge in [-0.15, -0.1) is 0 Å². The molecule has 2 rings (SSSR count). The van der Waals surface area contributed by atoms with Crippen LogP contribution in [0.4, 0.5) is 0 Å². The summed E-state index contributed by atoms with van der Waals surface area (Å²) in [5.74, 6) is -0.815. The number of hydrogen-bond acceptors (Lipinski definition) is 4. The molecule has 0 radical (unpaired) electrons. The molecule has 0 spiro atoms. The Hall–Kier alpha value is -1.36. The SMILES string of the molecule is Cc1cccnc1C1=NC(C)C(C(=O)O)S1. The number of pyridine rings is 1. The van der Waals surface area contributed by atoms with Crippen molar-refractivity contribution >= 4 is 22.8 Å². The molecule has 0 bridgehead atoms. The van der Waals surface area contributed by atoms with Crippen LogP contribution in [0.2, 0.25) is 0 Å². The fraction of sp³-hybridized carbons (Fsp3) is 0.364. The normalized spacial score (nSPS) is 24.2. The summed E-state index contributed by atoms with van der Waals surface area (Å²) in [5, 5.41) is 9.25. The Morgan fingerprint density at radius 2 is 2.31 bits per heavy atom. The van der Waals surface area contributed by atoms with E-state index in [0.29, 0.717) is 0 Å². The van der Waals surface area contributed by atoms with E-state index in [1.165, 1.54) is 11.8 Å². The molecule has 84 valence electrons. The van der Waals surface area contributed by atoms with Crippen LogP contribution in [0.15, 0.2) is 23.3 Å². The summed E-state index contributed by atoms with van der Waals surface area (Å²) >= 11 is 1.28. The first-order valence-corrected chi connectivity index (χ1v) is 5.87. The van der Waals surface area contributed by atoms with E-state index in [-0.39, 0.29) is 6.04 Å². The van der Waals surface area contributed by atoms with Crippen molar-refractivity contribution in [3.05, 3.63) is 29.6 Å². The Kier molecular flexibility index (Phi) is 2.96. The minimum atomic E-state index is -0.815. The molecule has 2 heterocycles. The standard InChI is InChI=1S/C11H12N2O2S/c1-6-4-3-5-12-8(6)10-13-7(2)9(16-10)11(14)15/h3-5,7,9H,1-2H3,(H,14,15). The maximum absolute atomic E-state index is 11.0. The average molecular weight is 236 g/mol. The third-order valence-corrected chi connectivity index (χ3v) is 3.82. The lowest BCUT2D eigenvalue weighted by Gasteiger charge is -2.06. The smallest absolute Gasteiger partial charge is 0.319 e. The molecule has 1 aliphatic heterocycles. The van der Waals surface area contributed by atoms with E-state index in [0.717, 1.165) is 16.3 Å². The zero-order valence-corrected chi connectivity index (χ0v) is 9.86. The number of hydrogen-bond donors (Lipinski definition) is 1. The van der Waals surface area contributed by atoms with Gasteiger partial charge in [0.2, 0.25) is 0 Å². The third kappa shape index (κ3) is 1.95. The number of thioether (sulfide) groups is 1. The molecule has 1 aliphatic rings. The van der Waals surface area contributed by atoms with Crippen molar-refractivity contribution in [3.63, 3.8) is 0 Å². The minimum Gasteiger partial charge on any atom is -0.480 e. The minimum absolute atomic E-state index is 0.195. The number of nitrogens with zero attached hydrogens (tertiary/aromatic N) is 2.